The maximum Gasteiger partial charge on any atom is 0.274 e. The van der Waals surface area contributed by atoms with E-state index >= 15 is 0 Å². The lowest BCUT2D eigenvalue weighted by Gasteiger charge is -2.39. The largest absolute Gasteiger partial charge is 0.378 e. The Morgan fingerprint density at radius 2 is 1.88 bits per heavy atom. The number of pyridine rings is 1. The Morgan fingerprint density at radius 3 is 2.66 bits per heavy atom. The molecule has 9 heteroatoms. The first-order chi connectivity index (χ1) is 15.6. The lowest BCUT2D eigenvalue weighted by atomic mass is 9.76. The van der Waals surface area contributed by atoms with Crippen molar-refractivity contribution >= 4 is 17.5 Å². The van der Waals surface area contributed by atoms with E-state index in [0.717, 1.165) is 55.7 Å². The van der Waals surface area contributed by atoms with E-state index < -0.39 is 0 Å². The minimum atomic E-state index is -0.125. The number of ether oxygens (including phenoxy) is 1. The van der Waals surface area contributed by atoms with Gasteiger partial charge in [-0.05, 0) is 37.8 Å². The maximum atomic E-state index is 13.1. The van der Waals surface area contributed by atoms with Gasteiger partial charge in [0.2, 0.25) is 5.95 Å². The van der Waals surface area contributed by atoms with Gasteiger partial charge in [-0.1, -0.05) is 6.07 Å². The summed E-state index contributed by atoms with van der Waals surface area (Å²) in [5, 5.41) is 0. The second-order valence-electron chi connectivity index (χ2n) is 8.98. The summed E-state index contributed by atoms with van der Waals surface area (Å²) in [4.78, 5) is 42.3. The molecule has 1 N–H and O–H groups in total. The molecule has 2 fully saturated rings. The highest BCUT2D eigenvalue weighted by Crippen LogP contribution is 2.44. The van der Waals surface area contributed by atoms with Crippen LogP contribution in [-0.2, 0) is 16.6 Å². The smallest absolute Gasteiger partial charge is 0.274 e. The molecule has 1 spiro atoms. The number of aromatic nitrogens is 4. The number of carbonyl (C=O) groups excluding carboxylic acids is 1. The molecule has 2 saturated heterocycles. The fourth-order valence-corrected chi connectivity index (χ4v) is 5.39. The molecule has 3 aromatic heterocycles. The van der Waals surface area contributed by atoms with Gasteiger partial charge in [-0.15, -0.1) is 0 Å². The van der Waals surface area contributed by atoms with Gasteiger partial charge in [0, 0.05) is 49.6 Å². The van der Waals surface area contributed by atoms with Crippen LogP contribution >= 0.6 is 0 Å². The molecule has 0 unspecified atom stereocenters. The van der Waals surface area contributed by atoms with Crippen molar-refractivity contribution in [3.05, 3.63) is 57.9 Å². The lowest BCUT2D eigenvalue weighted by molar-refractivity contribution is 0.0658. The Balaban J connectivity index is 1.23. The molecule has 166 valence electrons. The molecular weight excluding hydrogens is 408 g/mol. The SMILES string of the molecule is O=C(c1cn2ccccc2n1)N1CCC2(CCc3c2nc(N2CCOCC2)[nH]c3=O)CC1. The number of nitrogens with one attached hydrogen (secondary N) is 1. The number of carbonyl (C=O) groups is 1. The Bertz CT molecular complexity index is 1200. The highest BCUT2D eigenvalue weighted by Gasteiger charge is 2.45. The van der Waals surface area contributed by atoms with Gasteiger partial charge in [0.15, 0.2) is 0 Å². The van der Waals surface area contributed by atoms with Gasteiger partial charge < -0.3 is 18.9 Å². The van der Waals surface area contributed by atoms with Gasteiger partial charge in [0.1, 0.15) is 11.3 Å². The Kier molecular flexibility index (Phi) is 4.53. The minimum absolute atomic E-state index is 0.0171. The van der Waals surface area contributed by atoms with Crippen LogP contribution in [0.2, 0.25) is 0 Å². The van der Waals surface area contributed by atoms with E-state index in [2.05, 4.69) is 14.9 Å². The summed E-state index contributed by atoms with van der Waals surface area (Å²) in [6.45, 7) is 4.05. The number of H-pyrrole nitrogens is 1. The molecule has 9 nitrogen and oxygen atoms in total. The third kappa shape index (κ3) is 3.10. The molecule has 3 aromatic rings. The van der Waals surface area contributed by atoms with Crippen LogP contribution in [0, 0.1) is 0 Å². The van der Waals surface area contributed by atoms with Crippen molar-refractivity contribution in [3.8, 4) is 0 Å². The number of morpholine rings is 1. The van der Waals surface area contributed by atoms with Crippen molar-refractivity contribution in [2.75, 3.05) is 44.3 Å². The highest BCUT2D eigenvalue weighted by molar-refractivity contribution is 5.93. The molecule has 0 radical (unpaired) electrons. The topological polar surface area (TPSA) is 95.8 Å². The van der Waals surface area contributed by atoms with Gasteiger partial charge in [0.25, 0.3) is 11.5 Å². The number of hydrogen-bond donors (Lipinski definition) is 1. The zero-order chi connectivity index (χ0) is 21.7. The summed E-state index contributed by atoms with van der Waals surface area (Å²) in [6.07, 6.45) is 7.00. The number of imidazole rings is 1. The Labute approximate surface area is 185 Å². The molecule has 6 rings (SSSR count). The molecule has 0 atom stereocenters. The molecule has 3 aliphatic rings. The number of hydrogen-bond acceptors (Lipinski definition) is 6. The quantitative estimate of drug-likeness (QED) is 0.655. The molecule has 1 aliphatic carbocycles. The van der Waals surface area contributed by atoms with Crippen molar-refractivity contribution in [2.24, 2.45) is 0 Å². The third-order valence-corrected chi connectivity index (χ3v) is 7.26. The first-order valence-corrected chi connectivity index (χ1v) is 11.3. The third-order valence-electron chi connectivity index (χ3n) is 7.26. The van der Waals surface area contributed by atoms with Crippen LogP contribution in [0.5, 0.6) is 0 Å². The van der Waals surface area contributed by atoms with Gasteiger partial charge >= 0.3 is 0 Å². The highest BCUT2D eigenvalue weighted by atomic mass is 16.5. The summed E-state index contributed by atoms with van der Waals surface area (Å²) in [7, 11) is 0. The summed E-state index contributed by atoms with van der Waals surface area (Å²) < 4.78 is 7.31. The molecule has 0 saturated carbocycles. The van der Waals surface area contributed by atoms with Crippen LogP contribution in [0.4, 0.5) is 5.95 Å². The van der Waals surface area contributed by atoms with Gasteiger partial charge in [-0.3, -0.25) is 14.6 Å². The zero-order valence-electron chi connectivity index (χ0n) is 17.9. The molecule has 1 amide bonds. The van der Waals surface area contributed by atoms with E-state index in [1.807, 2.05) is 33.7 Å². The van der Waals surface area contributed by atoms with Crippen LogP contribution in [0.3, 0.4) is 0 Å². The molecule has 5 heterocycles. The van der Waals surface area contributed by atoms with Crippen LogP contribution in [0.25, 0.3) is 5.65 Å². The van der Waals surface area contributed by atoms with Crippen LogP contribution < -0.4 is 10.5 Å². The average Bonchev–Trinajstić information content (AvgIpc) is 3.42. The van der Waals surface area contributed by atoms with Crippen molar-refractivity contribution in [1.29, 1.82) is 0 Å². The van der Waals surface area contributed by atoms with E-state index in [0.29, 0.717) is 37.9 Å². The standard InChI is InChI=1S/C23H26N6O3/c30-20-16-4-5-23(19(16)25-22(26-20)28-11-13-32-14-12-28)6-9-27(10-7-23)21(31)17-15-29-8-2-1-3-18(29)24-17/h1-3,8,15H,4-7,9-14H2,(H,25,26,30). The lowest BCUT2D eigenvalue weighted by Crippen LogP contribution is -2.45. The van der Waals surface area contributed by atoms with Crippen molar-refractivity contribution in [3.63, 3.8) is 0 Å². The molecule has 2 aliphatic heterocycles. The second-order valence-corrected chi connectivity index (χ2v) is 8.98. The number of aromatic amines is 1. The predicted octanol–water partition coefficient (Wildman–Crippen LogP) is 1.37. The average molecular weight is 435 g/mol. The number of nitrogens with zero attached hydrogens (tertiary/aromatic N) is 5. The summed E-state index contributed by atoms with van der Waals surface area (Å²) in [6, 6.07) is 5.73. The summed E-state index contributed by atoms with van der Waals surface area (Å²) in [5.41, 5.74) is 2.87. The number of anilines is 1. The Morgan fingerprint density at radius 1 is 1.06 bits per heavy atom. The number of fused-ring (bicyclic) bond motifs is 3. The van der Waals surface area contributed by atoms with Crippen LogP contribution in [0.1, 0.15) is 41.0 Å². The molecule has 0 aromatic carbocycles. The molecular formula is C23H26N6O3. The van der Waals surface area contributed by atoms with Crippen molar-refractivity contribution in [1.82, 2.24) is 24.3 Å². The normalized spacial score (nSPS) is 20.1. The first kappa shape index (κ1) is 19.5. The van der Waals surface area contributed by atoms with Gasteiger partial charge in [0.05, 0.1) is 18.9 Å². The van der Waals surface area contributed by atoms with E-state index in [1.165, 1.54) is 0 Å². The van der Waals surface area contributed by atoms with E-state index in [-0.39, 0.29) is 16.9 Å². The Hall–Kier alpha value is -3.20. The number of likely N-dealkylation sites (tertiary alicyclic amines) is 1. The zero-order valence-corrected chi connectivity index (χ0v) is 17.9. The minimum Gasteiger partial charge on any atom is -0.378 e. The van der Waals surface area contributed by atoms with E-state index in [9.17, 15) is 9.59 Å². The van der Waals surface area contributed by atoms with E-state index in [1.54, 1.807) is 6.20 Å². The fourth-order valence-electron chi connectivity index (χ4n) is 5.39. The van der Waals surface area contributed by atoms with Crippen molar-refractivity contribution < 1.29 is 9.53 Å². The second kappa shape index (κ2) is 7.44. The number of amides is 1. The van der Waals surface area contributed by atoms with Gasteiger partial charge in [-0.25, -0.2) is 9.97 Å². The number of rotatable bonds is 2. The van der Waals surface area contributed by atoms with Crippen molar-refractivity contribution in [2.45, 2.75) is 31.1 Å². The fraction of sp³-hybridized carbons (Fsp3) is 0.478. The molecule has 0 bridgehead atoms. The van der Waals surface area contributed by atoms with Crippen LogP contribution in [0.15, 0.2) is 35.4 Å². The summed E-state index contributed by atoms with van der Waals surface area (Å²) >= 11 is 0. The summed E-state index contributed by atoms with van der Waals surface area (Å²) in [5.74, 6) is 0.621. The molecule has 32 heavy (non-hydrogen) atoms. The first-order valence-electron chi connectivity index (χ1n) is 11.3. The predicted molar refractivity (Wildman–Crippen MR) is 118 cm³/mol. The number of piperidine rings is 1. The maximum absolute atomic E-state index is 13.1. The van der Waals surface area contributed by atoms with Crippen LogP contribution in [-0.4, -0.2) is 69.6 Å². The monoisotopic (exact) mass is 434 g/mol. The van der Waals surface area contributed by atoms with Gasteiger partial charge in [-0.2, -0.15) is 0 Å². The van der Waals surface area contributed by atoms with E-state index in [4.69, 9.17) is 9.72 Å².